The zero-order chi connectivity index (χ0) is 43.0. The summed E-state index contributed by atoms with van der Waals surface area (Å²) in [6, 6.07) is 0. The second-order valence-electron chi connectivity index (χ2n) is 15.9. The maximum absolute atomic E-state index is 12.7. The fraction of sp³-hybridized carbons (Fsp3) is 0.702. The number of quaternary nitrogens is 1. The lowest BCUT2D eigenvalue weighted by Gasteiger charge is -2.24. The van der Waals surface area contributed by atoms with Crippen molar-refractivity contribution in [3.63, 3.8) is 0 Å². The average Bonchev–Trinajstić information content (AvgIpc) is 3.17. The van der Waals surface area contributed by atoms with Crippen molar-refractivity contribution in [2.24, 2.45) is 0 Å². The first-order valence-corrected chi connectivity index (χ1v) is 23.8. The first kappa shape index (κ1) is 55.4. The van der Waals surface area contributed by atoms with E-state index >= 15 is 0 Å². The molecule has 0 saturated carbocycles. The molecular weight excluding hydrogens is 753 g/mol. The Balaban J connectivity index is 4.53. The van der Waals surface area contributed by atoms with E-state index in [0.29, 0.717) is 30.3 Å². The van der Waals surface area contributed by atoms with Crippen LogP contribution in [0.25, 0.3) is 0 Å². The van der Waals surface area contributed by atoms with Gasteiger partial charge in [0, 0.05) is 12.8 Å². The smallest absolute Gasteiger partial charge is 0.462 e. The van der Waals surface area contributed by atoms with Gasteiger partial charge in [-0.25, -0.2) is 4.57 Å². The van der Waals surface area contributed by atoms with Gasteiger partial charge >= 0.3 is 19.8 Å². The Morgan fingerprint density at radius 1 is 0.638 bits per heavy atom. The molecule has 334 valence electrons. The molecule has 0 aliphatic heterocycles. The first-order valence-electron chi connectivity index (χ1n) is 22.3. The van der Waals surface area contributed by atoms with Crippen molar-refractivity contribution in [1.29, 1.82) is 0 Å². The van der Waals surface area contributed by atoms with Gasteiger partial charge in [0.2, 0.25) is 0 Å². The van der Waals surface area contributed by atoms with Crippen LogP contribution in [0.15, 0.2) is 72.9 Å². The van der Waals surface area contributed by atoms with E-state index in [4.69, 9.17) is 18.5 Å². The first-order chi connectivity index (χ1) is 27.9. The highest BCUT2D eigenvalue weighted by molar-refractivity contribution is 7.47. The molecule has 0 spiro atoms. The van der Waals surface area contributed by atoms with Crippen LogP contribution >= 0.6 is 7.82 Å². The predicted molar refractivity (Wildman–Crippen MR) is 239 cm³/mol. The summed E-state index contributed by atoms with van der Waals surface area (Å²) in [4.78, 5) is 35.3. The Morgan fingerprint density at radius 2 is 1.19 bits per heavy atom. The molecule has 3 atom stereocenters. The molecule has 0 aromatic carbocycles. The molecule has 0 aliphatic rings. The van der Waals surface area contributed by atoms with E-state index in [-0.39, 0.29) is 26.1 Å². The van der Waals surface area contributed by atoms with Crippen LogP contribution in [0.5, 0.6) is 0 Å². The third-order valence-corrected chi connectivity index (χ3v) is 10.1. The zero-order valence-electron chi connectivity index (χ0n) is 37.1. The fourth-order valence-electron chi connectivity index (χ4n) is 5.59. The molecule has 2 N–H and O–H groups in total. The van der Waals surface area contributed by atoms with Crippen LogP contribution in [-0.4, -0.2) is 86.1 Å². The molecule has 11 heteroatoms. The zero-order valence-corrected chi connectivity index (χ0v) is 38.0. The second-order valence-corrected chi connectivity index (χ2v) is 17.4. The lowest BCUT2D eigenvalue weighted by atomic mass is 10.0. The normalized spacial score (nSPS) is 14.8. The molecule has 0 saturated heterocycles. The summed E-state index contributed by atoms with van der Waals surface area (Å²) in [7, 11) is 1.40. The van der Waals surface area contributed by atoms with Crippen LogP contribution in [0.3, 0.4) is 0 Å². The predicted octanol–water partition coefficient (Wildman–Crippen LogP) is 11.6. The van der Waals surface area contributed by atoms with E-state index in [1.807, 2.05) is 63.7 Å². The van der Waals surface area contributed by atoms with Gasteiger partial charge in [-0.2, -0.15) is 0 Å². The van der Waals surface area contributed by atoms with Gasteiger partial charge in [0.1, 0.15) is 19.8 Å². The summed E-state index contributed by atoms with van der Waals surface area (Å²) in [5.74, 6) is -0.929. The monoisotopic (exact) mass is 837 g/mol. The summed E-state index contributed by atoms with van der Waals surface area (Å²) in [6.07, 6.45) is 44.2. The van der Waals surface area contributed by atoms with Crippen molar-refractivity contribution >= 4 is 19.8 Å². The number of carbonyl (C=O) groups excluding carboxylic acids is 2. The number of unbranched alkanes of at least 4 members (excludes halogenated alkanes) is 13. The minimum absolute atomic E-state index is 0.00992. The van der Waals surface area contributed by atoms with Gasteiger partial charge in [0.05, 0.1) is 33.9 Å². The van der Waals surface area contributed by atoms with Gasteiger partial charge in [-0.15, -0.1) is 0 Å². The Labute approximate surface area is 353 Å². The largest absolute Gasteiger partial charge is 0.472 e. The van der Waals surface area contributed by atoms with E-state index in [1.165, 1.54) is 64.2 Å². The number of phosphoric ester groups is 1. The van der Waals surface area contributed by atoms with E-state index in [0.717, 1.165) is 44.9 Å². The summed E-state index contributed by atoms with van der Waals surface area (Å²) >= 11 is 0. The molecule has 0 radical (unpaired) electrons. The van der Waals surface area contributed by atoms with Gasteiger partial charge in [0.25, 0.3) is 0 Å². The maximum Gasteiger partial charge on any atom is 0.472 e. The molecule has 0 aliphatic carbocycles. The third kappa shape index (κ3) is 41.6. The van der Waals surface area contributed by atoms with Crippen molar-refractivity contribution in [2.75, 3.05) is 47.5 Å². The third-order valence-electron chi connectivity index (χ3n) is 9.09. The van der Waals surface area contributed by atoms with Crippen LogP contribution in [0.2, 0.25) is 0 Å². The molecular formula is C47H83NO9P+. The van der Waals surface area contributed by atoms with Crippen molar-refractivity contribution in [2.45, 2.75) is 167 Å². The van der Waals surface area contributed by atoms with Gasteiger partial charge in [-0.3, -0.25) is 18.6 Å². The molecule has 0 amide bonds. The highest BCUT2D eigenvalue weighted by atomic mass is 31.2. The van der Waals surface area contributed by atoms with Crippen LogP contribution in [0.1, 0.15) is 155 Å². The van der Waals surface area contributed by atoms with Gasteiger partial charge < -0.3 is 24.0 Å². The van der Waals surface area contributed by atoms with Crippen LogP contribution < -0.4 is 0 Å². The lowest BCUT2D eigenvalue weighted by Crippen LogP contribution is -2.37. The van der Waals surface area contributed by atoms with Crippen LogP contribution in [0.4, 0.5) is 0 Å². The van der Waals surface area contributed by atoms with E-state index in [2.05, 4.69) is 38.2 Å². The molecule has 58 heavy (non-hydrogen) atoms. The number of hydrogen-bond donors (Lipinski definition) is 2. The Morgan fingerprint density at radius 3 is 1.79 bits per heavy atom. The number of nitrogens with zero attached hydrogens (tertiary/aromatic N) is 1. The second kappa shape index (κ2) is 38.6. The molecule has 0 bridgehead atoms. The average molecular weight is 837 g/mol. The van der Waals surface area contributed by atoms with Crippen LogP contribution in [0, 0.1) is 0 Å². The number of phosphoric acid groups is 1. The molecule has 10 nitrogen and oxygen atoms in total. The molecule has 0 aromatic rings. The van der Waals surface area contributed by atoms with Gasteiger partial charge in [-0.1, -0.05) is 170 Å². The van der Waals surface area contributed by atoms with Crippen molar-refractivity contribution in [1.82, 2.24) is 0 Å². The van der Waals surface area contributed by atoms with E-state index < -0.39 is 38.6 Å². The number of aliphatic hydroxyl groups excluding tert-OH is 1. The topological polar surface area (TPSA) is 129 Å². The minimum Gasteiger partial charge on any atom is -0.462 e. The molecule has 0 rings (SSSR count). The molecule has 0 heterocycles. The van der Waals surface area contributed by atoms with Gasteiger partial charge in [0.15, 0.2) is 6.10 Å². The SMILES string of the molecule is CC/C=C\C/C=C\CC(O)/C=C/C=C\C/C=C\C/C=C\CCC(=O)OC[C@H](COP(=O)(O)OCC[N+](C)(C)C)OC(=O)CCCCCCCCCCCCCCCC. The standard InChI is InChI=1S/C47H82NO9P/c1-6-8-10-12-14-15-16-17-18-19-24-27-31-35-39-47(51)57-45(43-56-58(52,53)55-41-40-48(3,4)5)42-54-46(50)38-34-30-26-23-21-20-22-25-29-33-37-44(49)36-32-28-13-11-9-7-2/h9,11,20-21,25-26,28-30,32-33,37,44-45,49H,6-8,10,12-19,22-24,27,31,34-36,38-43H2,1-5H3/p+1/b11-9-,21-20-,29-25-,30-26-,32-28-,37-33+/t44?,45-/m1/s1. The van der Waals surface area contributed by atoms with Crippen molar-refractivity contribution in [3.8, 4) is 0 Å². The molecule has 0 aromatic heterocycles. The summed E-state index contributed by atoms with van der Waals surface area (Å²) in [5.41, 5.74) is 0. The number of aliphatic hydroxyl groups is 1. The summed E-state index contributed by atoms with van der Waals surface area (Å²) < 4.78 is 34.2. The quantitative estimate of drug-likeness (QED) is 0.0155. The summed E-state index contributed by atoms with van der Waals surface area (Å²) in [5, 5.41) is 10.0. The number of carbonyl (C=O) groups is 2. The Bertz CT molecular complexity index is 1230. The highest BCUT2D eigenvalue weighted by Crippen LogP contribution is 2.43. The van der Waals surface area contributed by atoms with E-state index in [9.17, 15) is 24.2 Å². The minimum atomic E-state index is -4.40. The highest BCUT2D eigenvalue weighted by Gasteiger charge is 2.27. The number of rotatable bonds is 39. The van der Waals surface area contributed by atoms with Crippen LogP contribution in [-0.2, 0) is 32.7 Å². The van der Waals surface area contributed by atoms with E-state index in [1.54, 1.807) is 6.08 Å². The Kier molecular flexibility index (Phi) is 36.9. The van der Waals surface area contributed by atoms with Crippen molar-refractivity contribution < 1.29 is 47.2 Å². The fourth-order valence-corrected chi connectivity index (χ4v) is 6.34. The van der Waals surface area contributed by atoms with Crippen molar-refractivity contribution in [3.05, 3.63) is 72.9 Å². The summed E-state index contributed by atoms with van der Waals surface area (Å²) in [6.45, 7) is 4.13. The molecule has 0 fully saturated rings. The van der Waals surface area contributed by atoms with Gasteiger partial charge in [-0.05, 0) is 44.9 Å². The number of likely N-dealkylation sites (N-methyl/N-ethyl adjacent to an activating group) is 1. The molecule has 2 unspecified atom stereocenters. The maximum atomic E-state index is 12.7. The Hall–Kier alpha value is -2.59. The number of hydrogen-bond acceptors (Lipinski definition) is 8. The lowest BCUT2D eigenvalue weighted by molar-refractivity contribution is -0.870. The number of esters is 2. The number of ether oxygens (including phenoxy) is 2. The number of allylic oxidation sites excluding steroid dienone is 10.